The lowest BCUT2D eigenvalue weighted by molar-refractivity contribution is -0.115. The monoisotopic (exact) mass is 516 g/mol. The number of rotatable bonds is 7. The molecule has 0 saturated heterocycles. The van der Waals surface area contributed by atoms with E-state index in [0.717, 1.165) is 22.1 Å². The third-order valence-electron chi connectivity index (χ3n) is 5.84. The van der Waals surface area contributed by atoms with Crippen LogP contribution in [0.1, 0.15) is 12.6 Å². The minimum atomic E-state index is -0.531. The highest BCUT2D eigenvalue weighted by Crippen LogP contribution is 2.32. The lowest BCUT2D eigenvalue weighted by Gasteiger charge is -2.13. The second kappa shape index (κ2) is 10.00. The summed E-state index contributed by atoms with van der Waals surface area (Å²) in [6.07, 6.45) is 0. The lowest BCUT2D eigenvalue weighted by atomic mass is 10.3. The first-order valence-electron chi connectivity index (χ1n) is 11.3. The molecule has 0 unspecified atom stereocenters. The molecule has 0 saturated carbocycles. The van der Waals surface area contributed by atoms with Crippen LogP contribution in [0.4, 0.5) is 5.69 Å². The molecule has 182 valence electrons. The Labute approximate surface area is 216 Å². The van der Waals surface area contributed by atoms with Crippen molar-refractivity contribution in [3.05, 3.63) is 94.2 Å². The fourth-order valence-corrected chi connectivity index (χ4v) is 5.44. The van der Waals surface area contributed by atoms with Crippen molar-refractivity contribution in [2.24, 2.45) is 7.05 Å². The highest BCUT2D eigenvalue weighted by Gasteiger charge is 2.25. The summed E-state index contributed by atoms with van der Waals surface area (Å²) in [5.74, 6) is 0.433. The Morgan fingerprint density at radius 2 is 1.64 bits per heavy atom. The molecule has 3 aromatic heterocycles. The van der Waals surface area contributed by atoms with Crippen molar-refractivity contribution in [2.75, 3.05) is 5.32 Å². The van der Waals surface area contributed by atoms with Crippen LogP contribution >= 0.6 is 23.1 Å². The van der Waals surface area contributed by atoms with E-state index in [4.69, 9.17) is 0 Å². The van der Waals surface area contributed by atoms with Gasteiger partial charge in [0.2, 0.25) is 5.91 Å². The molecule has 0 bridgehead atoms. The molecule has 36 heavy (non-hydrogen) atoms. The Hall–Kier alpha value is -3.89. The lowest BCUT2D eigenvalue weighted by Crippen LogP contribution is -2.27. The van der Waals surface area contributed by atoms with Crippen molar-refractivity contribution in [1.29, 1.82) is 0 Å². The van der Waals surface area contributed by atoms with Gasteiger partial charge >= 0.3 is 0 Å². The summed E-state index contributed by atoms with van der Waals surface area (Å²) in [5, 5.41) is 13.7. The fraction of sp³-hybridized carbons (Fsp3) is 0.154. The number of hydrogen-bond donors (Lipinski definition) is 1. The van der Waals surface area contributed by atoms with Gasteiger partial charge in [-0.1, -0.05) is 54.2 Å². The van der Waals surface area contributed by atoms with Crippen LogP contribution in [0.2, 0.25) is 0 Å². The minimum absolute atomic E-state index is 0.266. The molecule has 0 aliphatic rings. The third-order valence-corrected chi connectivity index (χ3v) is 7.75. The number of carbonyl (C=O) groups is 1. The van der Waals surface area contributed by atoms with Crippen molar-refractivity contribution in [3.63, 3.8) is 0 Å². The largest absolute Gasteiger partial charge is 0.319 e. The number of carbonyl (C=O) groups excluding carboxylic acids is 1. The molecule has 0 aliphatic heterocycles. The van der Waals surface area contributed by atoms with Crippen molar-refractivity contribution in [3.8, 4) is 22.1 Å². The summed E-state index contributed by atoms with van der Waals surface area (Å²) in [4.78, 5) is 27.4. The maximum atomic E-state index is 13.2. The standard InChI is InChI=1S/C26H24N6O2S2/c1-17-22(25(34)32(30(17)3)20-13-8-5-9-14-20)27-24(33)18(2)36-26-29-28-23(21-15-10-16-35-21)31(26)19-11-6-4-7-12-19/h4-16,18H,1-3H3,(H,27,33)/t18-/m0/s1. The average molecular weight is 517 g/mol. The first-order valence-corrected chi connectivity index (χ1v) is 13.1. The summed E-state index contributed by atoms with van der Waals surface area (Å²) >= 11 is 2.87. The first kappa shape index (κ1) is 23.8. The zero-order valence-electron chi connectivity index (χ0n) is 20.0. The third kappa shape index (κ3) is 4.40. The van der Waals surface area contributed by atoms with Crippen LogP contribution in [0, 0.1) is 6.92 Å². The fourth-order valence-electron chi connectivity index (χ4n) is 3.87. The number of thioether (sulfide) groups is 1. The van der Waals surface area contributed by atoms with E-state index in [2.05, 4.69) is 15.5 Å². The highest BCUT2D eigenvalue weighted by atomic mass is 32.2. The Morgan fingerprint density at radius 3 is 2.28 bits per heavy atom. The second-order valence-electron chi connectivity index (χ2n) is 8.14. The molecule has 1 amide bonds. The summed E-state index contributed by atoms with van der Waals surface area (Å²) in [7, 11) is 1.80. The maximum absolute atomic E-state index is 13.2. The number of amides is 1. The molecule has 0 fully saturated rings. The molecule has 0 aliphatic carbocycles. The molecule has 2 aromatic carbocycles. The zero-order chi connectivity index (χ0) is 25.2. The molecular formula is C26H24N6O2S2. The Balaban J connectivity index is 1.43. The van der Waals surface area contributed by atoms with Gasteiger partial charge in [0.1, 0.15) is 5.69 Å². The Kier molecular flexibility index (Phi) is 6.62. The summed E-state index contributed by atoms with van der Waals surface area (Å²) in [6.45, 7) is 3.61. The topological polar surface area (TPSA) is 86.7 Å². The van der Waals surface area contributed by atoms with E-state index in [0.29, 0.717) is 10.9 Å². The quantitative estimate of drug-likeness (QED) is 0.311. The van der Waals surface area contributed by atoms with E-state index in [-0.39, 0.29) is 17.2 Å². The van der Waals surface area contributed by atoms with E-state index < -0.39 is 5.25 Å². The van der Waals surface area contributed by atoms with Gasteiger partial charge in [0.25, 0.3) is 5.56 Å². The zero-order valence-corrected chi connectivity index (χ0v) is 21.6. The van der Waals surface area contributed by atoms with E-state index in [1.54, 1.807) is 34.7 Å². The number of nitrogens with zero attached hydrogens (tertiary/aromatic N) is 5. The summed E-state index contributed by atoms with van der Waals surface area (Å²) in [5.41, 5.74) is 2.29. The molecule has 8 nitrogen and oxygen atoms in total. The van der Waals surface area contributed by atoms with Crippen molar-refractivity contribution < 1.29 is 4.79 Å². The normalized spacial score (nSPS) is 12.0. The maximum Gasteiger partial charge on any atom is 0.295 e. The van der Waals surface area contributed by atoms with Crippen LogP contribution < -0.4 is 10.9 Å². The predicted molar refractivity (Wildman–Crippen MR) is 144 cm³/mol. The number of benzene rings is 2. The predicted octanol–water partition coefficient (Wildman–Crippen LogP) is 4.91. The molecule has 10 heteroatoms. The van der Waals surface area contributed by atoms with Gasteiger partial charge in [-0.25, -0.2) is 4.68 Å². The van der Waals surface area contributed by atoms with Crippen LogP contribution in [0.15, 0.2) is 88.1 Å². The summed E-state index contributed by atoms with van der Waals surface area (Å²) < 4.78 is 5.24. The summed E-state index contributed by atoms with van der Waals surface area (Å²) in [6, 6.07) is 23.1. The van der Waals surface area contributed by atoms with Crippen molar-refractivity contribution >= 4 is 34.7 Å². The number of thiophene rings is 1. The van der Waals surface area contributed by atoms with Gasteiger partial charge in [-0.3, -0.25) is 18.8 Å². The number of hydrogen-bond acceptors (Lipinski definition) is 6. The molecule has 1 N–H and O–H groups in total. The molecule has 1 atom stereocenters. The van der Waals surface area contributed by atoms with Crippen molar-refractivity contribution in [1.82, 2.24) is 24.1 Å². The van der Waals surface area contributed by atoms with Crippen LogP contribution in [0.5, 0.6) is 0 Å². The van der Waals surface area contributed by atoms with Crippen LogP contribution in [0.3, 0.4) is 0 Å². The van der Waals surface area contributed by atoms with E-state index >= 15 is 0 Å². The van der Waals surface area contributed by atoms with Crippen LogP contribution in [0.25, 0.3) is 22.1 Å². The molecular weight excluding hydrogens is 492 g/mol. The van der Waals surface area contributed by atoms with E-state index in [1.165, 1.54) is 11.8 Å². The smallest absolute Gasteiger partial charge is 0.295 e. The van der Waals surface area contributed by atoms with Gasteiger partial charge < -0.3 is 5.32 Å². The van der Waals surface area contributed by atoms with Crippen molar-refractivity contribution in [2.45, 2.75) is 24.3 Å². The van der Waals surface area contributed by atoms with Gasteiger partial charge in [-0.05, 0) is 49.6 Å². The van der Waals surface area contributed by atoms with Gasteiger partial charge in [0.15, 0.2) is 11.0 Å². The van der Waals surface area contributed by atoms with Crippen LogP contribution in [-0.4, -0.2) is 35.3 Å². The number of para-hydroxylation sites is 2. The van der Waals surface area contributed by atoms with Crippen LogP contribution in [-0.2, 0) is 11.8 Å². The number of anilines is 1. The second-order valence-corrected chi connectivity index (χ2v) is 10.4. The van der Waals surface area contributed by atoms with Gasteiger partial charge in [0, 0.05) is 12.7 Å². The molecule has 5 aromatic rings. The molecule has 3 heterocycles. The first-order chi connectivity index (χ1) is 17.5. The van der Waals surface area contributed by atoms with E-state index in [9.17, 15) is 9.59 Å². The molecule has 0 radical (unpaired) electrons. The van der Waals surface area contributed by atoms with Gasteiger partial charge in [-0.15, -0.1) is 21.5 Å². The molecule has 5 rings (SSSR count). The Morgan fingerprint density at radius 1 is 0.972 bits per heavy atom. The minimum Gasteiger partial charge on any atom is -0.319 e. The Bertz CT molecular complexity index is 1550. The number of aromatic nitrogens is 5. The van der Waals surface area contributed by atoms with Gasteiger partial charge in [0.05, 0.1) is 21.5 Å². The number of nitrogens with one attached hydrogen (secondary N) is 1. The SMILES string of the molecule is Cc1c(NC(=O)[C@H](C)Sc2nnc(-c3cccs3)n2-c2ccccc2)c(=O)n(-c2ccccc2)n1C. The average Bonchev–Trinajstić information content (AvgIpc) is 3.61. The molecule has 0 spiro atoms. The van der Waals surface area contributed by atoms with Gasteiger partial charge in [-0.2, -0.15) is 0 Å². The highest BCUT2D eigenvalue weighted by molar-refractivity contribution is 8.00. The van der Waals surface area contributed by atoms with E-state index in [1.807, 2.05) is 89.7 Å².